The first-order valence-corrected chi connectivity index (χ1v) is 8.53. The van der Waals surface area contributed by atoms with E-state index in [1.807, 2.05) is 6.07 Å². The van der Waals surface area contributed by atoms with E-state index in [1.165, 1.54) is 12.7 Å². The minimum Gasteiger partial charge on any atom is -1.00 e. The molecule has 118 valence electrons. The summed E-state index contributed by atoms with van der Waals surface area (Å²) in [6.45, 7) is 5.66. The summed E-state index contributed by atoms with van der Waals surface area (Å²) in [7, 11) is -2.55. The summed E-state index contributed by atoms with van der Waals surface area (Å²) >= 11 is 0. The molecule has 0 amide bonds. The van der Waals surface area contributed by atoms with Crippen molar-refractivity contribution in [2.75, 3.05) is 45.9 Å². The average Bonchev–Trinajstić information content (AvgIpc) is 2.33. The number of allylic oxidation sites excluding steroid dienone is 1. The van der Waals surface area contributed by atoms with Crippen LogP contribution in [0.1, 0.15) is 8.35 Å². The first-order chi connectivity index (χ1) is 9.95. The number of Topliss-reactive ketones (excluding diaryl/α,β-unsaturated/α-hetero) is 1. The summed E-state index contributed by atoms with van der Waals surface area (Å²) in [5.41, 5.74) is 1.10. The van der Waals surface area contributed by atoms with Gasteiger partial charge in [-0.1, -0.05) is 0 Å². The molecule has 22 heavy (non-hydrogen) atoms. The summed E-state index contributed by atoms with van der Waals surface area (Å²) in [4.78, 5) is 9.77. The molecule has 0 aromatic carbocycles. The number of ketones is 1. The fourth-order valence-corrected chi connectivity index (χ4v) is 1.92. The molecular weight excluding hydrogens is 318 g/mol. The fourth-order valence-electron chi connectivity index (χ4n) is 1.03. The second-order valence-electron chi connectivity index (χ2n) is 4.20. The van der Waals surface area contributed by atoms with E-state index in [0.29, 0.717) is 33.0 Å². The predicted octanol–water partition coefficient (Wildman–Crippen LogP) is -1.38. The van der Waals surface area contributed by atoms with Crippen LogP contribution in [0.15, 0.2) is 11.6 Å². The minimum absolute atomic E-state index is 0. The molecule has 0 spiro atoms. The Labute approximate surface area is 154 Å². The second kappa shape index (κ2) is 14.1. The zero-order valence-electron chi connectivity index (χ0n) is 14.2. The molecule has 0 bridgehead atoms. The quantitative estimate of drug-likeness (QED) is 0.354. The third-order valence-electron chi connectivity index (χ3n) is 2.13. The van der Waals surface area contributed by atoms with E-state index in [-0.39, 0.29) is 42.9 Å². The number of nitriles is 2. The topological polar surface area (TPSA) is 109 Å². The number of nitrogens with zero attached hydrogens (tertiary/aromatic N) is 2. The van der Waals surface area contributed by atoms with Crippen LogP contribution in [0.25, 0.3) is 0 Å². The molecule has 2 aliphatic rings. The van der Waals surface area contributed by atoms with E-state index in [2.05, 4.69) is 4.74 Å². The maximum Gasteiger partial charge on any atom is 1.00 e. The van der Waals surface area contributed by atoms with Crippen molar-refractivity contribution < 1.29 is 54.3 Å². The zero-order valence-corrected chi connectivity index (χ0v) is 16.1. The van der Waals surface area contributed by atoms with E-state index in [9.17, 15) is 9.36 Å². The molecule has 0 radical (unpaired) electrons. The first kappa shape index (κ1) is 23.8. The van der Waals surface area contributed by atoms with Crippen molar-refractivity contribution in [1.82, 2.24) is 0 Å². The summed E-state index contributed by atoms with van der Waals surface area (Å²) in [5, 5.41) is 16.1. The van der Waals surface area contributed by atoms with Crippen LogP contribution in [0.4, 0.5) is 0 Å². The Morgan fingerprint density at radius 3 is 2.00 bits per heavy atom. The molecule has 1 unspecified atom stereocenters. The van der Waals surface area contributed by atoms with Gasteiger partial charge in [0.15, 0.2) is 5.78 Å². The molecule has 0 saturated carbocycles. The Kier molecular flexibility index (Phi) is 15.2. The summed E-state index contributed by atoms with van der Waals surface area (Å²) in [6.07, 6.45) is 1.55. The Bertz CT molecular complexity index is 490. The van der Waals surface area contributed by atoms with Gasteiger partial charge in [0, 0.05) is 12.7 Å². The molecule has 2 saturated heterocycles. The van der Waals surface area contributed by atoms with Crippen LogP contribution >= 0.6 is 7.37 Å². The van der Waals surface area contributed by atoms with Gasteiger partial charge in [0.25, 0.3) is 0 Å². The monoisotopic (exact) mass is 338 g/mol. The Hall–Kier alpha value is -0.500. The number of rotatable bonds is 3. The largest absolute Gasteiger partial charge is 1.00 e. The van der Waals surface area contributed by atoms with Gasteiger partial charge >= 0.3 is 29.6 Å². The van der Waals surface area contributed by atoms with Crippen molar-refractivity contribution in [3.63, 3.8) is 0 Å². The number of hydrogen-bond donors (Lipinski definition) is 0. The van der Waals surface area contributed by atoms with E-state index >= 15 is 0 Å². The van der Waals surface area contributed by atoms with Gasteiger partial charge in [-0.15, -0.1) is 0 Å². The Morgan fingerprint density at radius 2 is 1.82 bits per heavy atom. The maximum atomic E-state index is 11.0. The normalized spacial score (nSPS) is 17.1. The number of hydrogen-bond acceptors (Lipinski definition) is 7. The molecule has 0 N–H and O–H groups in total. The second-order valence-corrected chi connectivity index (χ2v) is 6.81. The number of carbonyl (C=O) groups excluding carboxylic acids is 1. The number of ether oxygens (including phenoxy) is 2. The van der Waals surface area contributed by atoms with E-state index in [4.69, 9.17) is 19.8 Å². The minimum atomic E-state index is -2.55. The number of carbonyl (C=O) groups is 1. The molecule has 2 rings (SSSR count). The first-order valence-electron chi connectivity index (χ1n) is 6.28. The molecule has 2 aliphatic heterocycles. The van der Waals surface area contributed by atoms with Gasteiger partial charge in [0.2, 0.25) is 7.37 Å². The third-order valence-corrected chi connectivity index (χ3v) is 3.65. The van der Waals surface area contributed by atoms with Crippen LogP contribution < -0.4 is 29.6 Å². The van der Waals surface area contributed by atoms with Crippen LogP contribution in [0.2, 0.25) is 0 Å². The van der Waals surface area contributed by atoms with Crippen molar-refractivity contribution in [3.8, 4) is 12.1 Å². The van der Waals surface area contributed by atoms with Gasteiger partial charge in [0.1, 0.15) is 19.4 Å². The molecule has 2 heterocycles. The van der Waals surface area contributed by atoms with E-state index in [0.717, 1.165) is 5.57 Å². The van der Waals surface area contributed by atoms with Gasteiger partial charge in [0.05, 0.1) is 32.0 Å². The predicted molar refractivity (Wildman–Crippen MR) is 77.1 cm³/mol. The van der Waals surface area contributed by atoms with Crippen molar-refractivity contribution in [1.29, 1.82) is 10.5 Å². The molecule has 1 atom stereocenters. The standard InChI is InChI=1S/C5H10NO2P.C5H5NO.C3H4O2.Na.H/c1-3-8-9(2,7)5-4-6;6-2-1-5-3-7-4-5;4-3-1-5-2-3;;/h3,5H2,1-2H3;1H,3-4H2;1-2H2;;/q;;;+1;-1. The molecule has 2 fully saturated rings. The van der Waals surface area contributed by atoms with Crippen molar-refractivity contribution in [2.24, 2.45) is 0 Å². The molecule has 0 aromatic heterocycles. The maximum absolute atomic E-state index is 11.0. The molecule has 7 nitrogen and oxygen atoms in total. The van der Waals surface area contributed by atoms with Gasteiger partial charge in [-0.2, -0.15) is 10.5 Å². The van der Waals surface area contributed by atoms with Crippen LogP contribution in [-0.2, 0) is 23.4 Å². The molecular formula is C13H20N2NaO5P. The summed E-state index contributed by atoms with van der Waals surface area (Å²) in [6, 6.07) is 3.73. The molecule has 9 heteroatoms. The van der Waals surface area contributed by atoms with E-state index in [1.54, 1.807) is 13.0 Å². The molecule has 0 aliphatic carbocycles. The van der Waals surface area contributed by atoms with Gasteiger partial charge in [-0.05, 0) is 12.5 Å². The Balaban J connectivity index is -0.000000257. The molecule has 0 aromatic rings. The summed E-state index contributed by atoms with van der Waals surface area (Å²) in [5.74, 6) is 0.213. The van der Waals surface area contributed by atoms with Crippen LogP contribution in [0.5, 0.6) is 0 Å². The fraction of sp³-hybridized carbons (Fsp3) is 0.615. The van der Waals surface area contributed by atoms with Crippen molar-refractivity contribution >= 4 is 13.2 Å². The van der Waals surface area contributed by atoms with Crippen LogP contribution in [0, 0.1) is 22.7 Å². The van der Waals surface area contributed by atoms with Crippen molar-refractivity contribution in [3.05, 3.63) is 11.6 Å². The average molecular weight is 338 g/mol. The van der Waals surface area contributed by atoms with Gasteiger partial charge in [-0.3, -0.25) is 9.36 Å². The Morgan fingerprint density at radius 1 is 1.32 bits per heavy atom. The summed E-state index contributed by atoms with van der Waals surface area (Å²) < 4.78 is 25.0. The van der Waals surface area contributed by atoms with E-state index < -0.39 is 7.37 Å². The smallest absolute Gasteiger partial charge is 1.00 e. The third kappa shape index (κ3) is 13.2. The van der Waals surface area contributed by atoms with Crippen molar-refractivity contribution in [2.45, 2.75) is 6.92 Å². The van der Waals surface area contributed by atoms with Gasteiger partial charge < -0.3 is 15.4 Å². The van der Waals surface area contributed by atoms with Gasteiger partial charge in [-0.25, -0.2) is 0 Å². The van der Waals surface area contributed by atoms with Crippen LogP contribution in [-0.4, -0.2) is 51.6 Å². The van der Waals surface area contributed by atoms with Crippen LogP contribution in [0.3, 0.4) is 0 Å². The zero-order chi connectivity index (χ0) is 16.1. The SMILES string of the molecule is CCOP(C)(=O)CC#N.N#CC=C1COC1.O=C1COC1.[H-].[Na+].